The lowest BCUT2D eigenvalue weighted by Gasteiger charge is -2.24. The average molecular weight is 443 g/mol. The van der Waals surface area contributed by atoms with Gasteiger partial charge in [0.1, 0.15) is 11.5 Å². The zero-order valence-electron chi connectivity index (χ0n) is 16.8. The van der Waals surface area contributed by atoms with Crippen molar-refractivity contribution < 1.29 is 8.78 Å². The number of fused-ring (bicyclic) bond motifs is 2. The third-order valence-corrected chi connectivity index (χ3v) is 5.76. The minimum absolute atomic E-state index is 0.418. The molecule has 0 saturated carbocycles. The van der Waals surface area contributed by atoms with E-state index in [0.717, 1.165) is 49.3 Å². The lowest BCUT2D eigenvalue weighted by Crippen LogP contribution is -2.31. The first-order chi connectivity index (χ1) is 15.1. The highest BCUT2D eigenvalue weighted by Crippen LogP contribution is 2.28. The van der Waals surface area contributed by atoms with Gasteiger partial charge in [-0.2, -0.15) is 0 Å². The molecule has 0 N–H and O–H groups in total. The molecule has 0 aliphatic carbocycles. The highest BCUT2D eigenvalue weighted by Gasteiger charge is 2.22. The molecule has 1 aliphatic heterocycles. The molecule has 4 aromatic rings. The average Bonchev–Trinajstić information content (AvgIpc) is 3.01. The summed E-state index contributed by atoms with van der Waals surface area (Å²) < 4.78 is 28.7. The third-order valence-electron chi connectivity index (χ3n) is 5.53. The fourth-order valence-electron chi connectivity index (χ4n) is 4.08. The van der Waals surface area contributed by atoms with E-state index in [1.54, 1.807) is 12.1 Å². The van der Waals surface area contributed by atoms with Crippen LogP contribution in [-0.2, 0) is 6.54 Å². The van der Waals surface area contributed by atoms with E-state index >= 15 is 0 Å². The summed E-state index contributed by atoms with van der Waals surface area (Å²) in [4.78, 5) is 17.4. The summed E-state index contributed by atoms with van der Waals surface area (Å²) in [5.41, 5.74) is 2.39. The second-order valence-corrected chi connectivity index (χ2v) is 8.12. The highest BCUT2D eigenvalue weighted by molar-refractivity contribution is 6.30. The van der Waals surface area contributed by atoms with Crippen molar-refractivity contribution in [1.29, 1.82) is 0 Å². The SMILES string of the molecule is FC(F)c1nc(N2CCCN(Cc3cn4cc(Cl)ccc4n3)CC2)c2ccccc2n1. The number of benzene rings is 1. The fraction of sp³-hybridized carbons (Fsp3) is 0.318. The zero-order valence-corrected chi connectivity index (χ0v) is 17.5. The maximum atomic E-state index is 13.4. The fourth-order valence-corrected chi connectivity index (χ4v) is 4.25. The Kier molecular flexibility index (Phi) is 5.41. The lowest BCUT2D eigenvalue weighted by atomic mass is 10.2. The standard InChI is InChI=1S/C22H21ClF2N6/c23-15-6-7-19-26-16(14-31(19)12-15)13-29-8-3-9-30(11-10-29)22-17-4-1-2-5-18(17)27-21(28-22)20(24)25/h1-2,4-7,12,14,20H,3,8-11,13H2. The molecule has 4 heterocycles. The number of hydrogen-bond acceptors (Lipinski definition) is 5. The maximum Gasteiger partial charge on any atom is 0.297 e. The quantitative estimate of drug-likeness (QED) is 0.463. The molecule has 0 bridgehead atoms. The molecule has 1 fully saturated rings. The van der Waals surface area contributed by atoms with Gasteiger partial charge in [0.2, 0.25) is 0 Å². The van der Waals surface area contributed by atoms with Crippen LogP contribution < -0.4 is 4.90 Å². The van der Waals surface area contributed by atoms with Crippen LogP contribution in [0.2, 0.25) is 5.02 Å². The first-order valence-electron chi connectivity index (χ1n) is 10.2. The van der Waals surface area contributed by atoms with E-state index < -0.39 is 12.2 Å². The van der Waals surface area contributed by atoms with Gasteiger partial charge in [-0.15, -0.1) is 0 Å². The normalized spacial score (nSPS) is 15.8. The summed E-state index contributed by atoms with van der Waals surface area (Å²) in [5.74, 6) is 0.170. The van der Waals surface area contributed by atoms with E-state index in [-0.39, 0.29) is 0 Å². The van der Waals surface area contributed by atoms with E-state index in [4.69, 9.17) is 11.6 Å². The highest BCUT2D eigenvalue weighted by atomic mass is 35.5. The van der Waals surface area contributed by atoms with Gasteiger partial charge >= 0.3 is 0 Å². The van der Waals surface area contributed by atoms with Gasteiger partial charge < -0.3 is 9.30 Å². The van der Waals surface area contributed by atoms with Gasteiger partial charge in [0, 0.05) is 50.5 Å². The minimum atomic E-state index is -2.70. The molecule has 3 aromatic heterocycles. The molecule has 1 aliphatic rings. The van der Waals surface area contributed by atoms with Crippen LogP contribution >= 0.6 is 11.6 Å². The number of halogens is 3. The first kappa shape index (κ1) is 20.1. The topological polar surface area (TPSA) is 49.6 Å². The molecule has 1 saturated heterocycles. The molecule has 0 spiro atoms. The number of aromatic nitrogens is 4. The Hall–Kier alpha value is -2.84. The van der Waals surface area contributed by atoms with Gasteiger partial charge in [-0.25, -0.2) is 23.7 Å². The molecular formula is C22H21ClF2N6. The van der Waals surface area contributed by atoms with Crippen LogP contribution in [0.15, 0.2) is 48.8 Å². The molecular weight excluding hydrogens is 422 g/mol. The monoisotopic (exact) mass is 442 g/mol. The number of rotatable bonds is 4. The molecule has 0 atom stereocenters. The molecule has 31 heavy (non-hydrogen) atoms. The van der Waals surface area contributed by atoms with Crippen LogP contribution in [-0.4, -0.2) is 50.4 Å². The predicted octanol–water partition coefficient (Wildman–Crippen LogP) is 4.58. The molecule has 160 valence electrons. The van der Waals surface area contributed by atoms with Crippen LogP contribution in [0.1, 0.15) is 24.4 Å². The smallest absolute Gasteiger partial charge is 0.297 e. The maximum absolute atomic E-state index is 13.4. The molecule has 0 unspecified atom stereocenters. The largest absolute Gasteiger partial charge is 0.355 e. The van der Waals surface area contributed by atoms with Gasteiger partial charge in [-0.3, -0.25) is 4.90 Å². The van der Waals surface area contributed by atoms with Gasteiger partial charge in [0.05, 0.1) is 16.2 Å². The molecule has 6 nitrogen and oxygen atoms in total. The second-order valence-electron chi connectivity index (χ2n) is 7.69. The summed E-state index contributed by atoms with van der Waals surface area (Å²) >= 11 is 6.07. The Balaban J connectivity index is 1.36. The first-order valence-corrected chi connectivity index (χ1v) is 10.6. The number of anilines is 1. The summed E-state index contributed by atoms with van der Waals surface area (Å²) in [5, 5.41) is 1.47. The Morgan fingerprint density at radius 3 is 2.68 bits per heavy atom. The lowest BCUT2D eigenvalue weighted by molar-refractivity contribution is 0.141. The minimum Gasteiger partial charge on any atom is -0.355 e. The van der Waals surface area contributed by atoms with E-state index in [2.05, 4.69) is 24.8 Å². The zero-order chi connectivity index (χ0) is 21.4. The summed E-state index contributed by atoms with van der Waals surface area (Å²) in [6.07, 6.45) is 2.05. The van der Waals surface area contributed by atoms with Crippen LogP contribution in [0.4, 0.5) is 14.6 Å². The summed E-state index contributed by atoms with van der Waals surface area (Å²) in [7, 11) is 0. The van der Waals surface area contributed by atoms with Gasteiger partial charge in [-0.1, -0.05) is 23.7 Å². The Bertz CT molecular complexity index is 1230. The van der Waals surface area contributed by atoms with Crippen molar-refractivity contribution in [3.05, 3.63) is 65.3 Å². The predicted molar refractivity (Wildman–Crippen MR) is 117 cm³/mol. The number of nitrogens with zero attached hydrogens (tertiary/aromatic N) is 6. The van der Waals surface area contributed by atoms with E-state index in [0.29, 0.717) is 22.9 Å². The Morgan fingerprint density at radius 2 is 1.81 bits per heavy atom. The van der Waals surface area contributed by atoms with Crippen LogP contribution in [0.3, 0.4) is 0 Å². The molecule has 9 heteroatoms. The molecule has 0 amide bonds. The second kappa shape index (κ2) is 8.36. The van der Waals surface area contributed by atoms with Crippen molar-refractivity contribution in [2.75, 3.05) is 31.1 Å². The van der Waals surface area contributed by atoms with Crippen molar-refractivity contribution in [3.63, 3.8) is 0 Å². The van der Waals surface area contributed by atoms with Crippen LogP contribution in [0.5, 0.6) is 0 Å². The van der Waals surface area contributed by atoms with Crippen molar-refractivity contribution >= 4 is 34.0 Å². The number of hydrogen-bond donors (Lipinski definition) is 0. The van der Waals surface area contributed by atoms with Crippen molar-refractivity contribution in [2.24, 2.45) is 0 Å². The van der Waals surface area contributed by atoms with Crippen molar-refractivity contribution in [1.82, 2.24) is 24.3 Å². The van der Waals surface area contributed by atoms with Gasteiger partial charge in [0.25, 0.3) is 6.43 Å². The van der Waals surface area contributed by atoms with Crippen LogP contribution in [0, 0.1) is 0 Å². The number of imidazole rings is 1. The van der Waals surface area contributed by atoms with Gasteiger partial charge in [0.15, 0.2) is 5.82 Å². The number of alkyl halides is 2. The Morgan fingerprint density at radius 1 is 0.935 bits per heavy atom. The van der Waals surface area contributed by atoms with E-state index in [1.807, 2.05) is 41.1 Å². The summed E-state index contributed by atoms with van der Waals surface area (Å²) in [6, 6.07) is 11.1. The summed E-state index contributed by atoms with van der Waals surface area (Å²) in [6.45, 7) is 3.86. The van der Waals surface area contributed by atoms with Crippen LogP contribution in [0.25, 0.3) is 16.6 Å². The van der Waals surface area contributed by atoms with Crippen molar-refractivity contribution in [2.45, 2.75) is 19.4 Å². The van der Waals surface area contributed by atoms with E-state index in [9.17, 15) is 8.78 Å². The van der Waals surface area contributed by atoms with Crippen molar-refractivity contribution in [3.8, 4) is 0 Å². The Labute approximate surface area is 183 Å². The van der Waals surface area contributed by atoms with E-state index in [1.165, 1.54) is 0 Å². The van der Waals surface area contributed by atoms with Gasteiger partial charge in [-0.05, 0) is 30.7 Å². The molecule has 1 aromatic carbocycles. The third kappa shape index (κ3) is 4.18. The number of para-hydroxylation sites is 1. The molecule has 5 rings (SSSR count). The number of pyridine rings is 1. The molecule has 0 radical (unpaired) electrons.